The summed E-state index contributed by atoms with van der Waals surface area (Å²) in [6, 6.07) is 9.80. The van der Waals surface area contributed by atoms with Crippen LogP contribution in [0.25, 0.3) is 0 Å². The maximum atomic E-state index is 12.8. The van der Waals surface area contributed by atoms with Crippen molar-refractivity contribution in [3.8, 4) is 0 Å². The van der Waals surface area contributed by atoms with Gasteiger partial charge >= 0.3 is 6.05 Å². The van der Waals surface area contributed by atoms with Crippen LogP contribution in [0, 0.1) is 0 Å². The maximum Gasteiger partial charge on any atom is 0.356 e. The number of nitrogens with one attached hydrogen (secondary N) is 2. The molecular formula is C18H22F2N6O2. The average Bonchev–Trinajstić information content (AvgIpc) is 2.67. The fourth-order valence-electron chi connectivity index (χ4n) is 2.39. The molecule has 0 fully saturated rings. The van der Waals surface area contributed by atoms with Crippen molar-refractivity contribution in [2.45, 2.75) is 19.5 Å². The summed E-state index contributed by atoms with van der Waals surface area (Å²) in [6.07, 6.45) is 0. The zero-order valence-corrected chi connectivity index (χ0v) is 15.3. The summed E-state index contributed by atoms with van der Waals surface area (Å²) in [5, 5.41) is 15.0. The molecule has 2 aromatic carbocycles. The Labute approximate surface area is 161 Å². The Kier molecular flexibility index (Phi) is 7.50. The van der Waals surface area contributed by atoms with Crippen molar-refractivity contribution in [2.75, 3.05) is 18.5 Å². The smallest absolute Gasteiger partial charge is 0.333 e. The topological polar surface area (TPSA) is 115 Å². The van der Waals surface area contributed by atoms with Gasteiger partial charge in [0.25, 0.3) is 5.91 Å². The van der Waals surface area contributed by atoms with Gasteiger partial charge in [-0.2, -0.15) is 13.9 Å². The molecule has 0 aliphatic heterocycles. The molecule has 28 heavy (non-hydrogen) atoms. The van der Waals surface area contributed by atoms with Crippen LogP contribution < -0.4 is 16.7 Å². The van der Waals surface area contributed by atoms with Gasteiger partial charge in [-0.1, -0.05) is 12.1 Å². The Balaban J connectivity index is 2.09. The van der Waals surface area contributed by atoms with E-state index in [1.807, 2.05) is 5.59 Å². The van der Waals surface area contributed by atoms with Crippen LogP contribution in [-0.2, 0) is 6.54 Å². The van der Waals surface area contributed by atoms with E-state index in [0.717, 1.165) is 5.56 Å². The molecule has 0 bridgehead atoms. The van der Waals surface area contributed by atoms with Gasteiger partial charge in [-0.15, -0.1) is 10.7 Å². The highest BCUT2D eigenvalue weighted by Crippen LogP contribution is 2.20. The molecule has 2 rings (SSSR count). The highest BCUT2D eigenvalue weighted by molar-refractivity contribution is 5.94. The number of benzene rings is 2. The van der Waals surface area contributed by atoms with E-state index >= 15 is 0 Å². The highest BCUT2D eigenvalue weighted by atomic mass is 19.3. The summed E-state index contributed by atoms with van der Waals surface area (Å²) in [5.74, 6) is -0.205. The van der Waals surface area contributed by atoms with E-state index in [2.05, 4.69) is 15.7 Å². The summed E-state index contributed by atoms with van der Waals surface area (Å²) in [7, 11) is 0. The molecule has 8 nitrogen and oxygen atoms in total. The fraction of sp³-hybridized carbons (Fsp3) is 0.278. The summed E-state index contributed by atoms with van der Waals surface area (Å²) >= 11 is 0. The number of rotatable bonds is 9. The molecule has 0 aliphatic rings. The number of amides is 1. The molecule has 0 spiro atoms. The molecule has 0 saturated carbocycles. The summed E-state index contributed by atoms with van der Waals surface area (Å²) in [6.45, 7) is 1.60. The molecule has 150 valence electrons. The largest absolute Gasteiger partial charge is 0.356 e. The van der Waals surface area contributed by atoms with E-state index in [0.29, 0.717) is 37.0 Å². The minimum Gasteiger partial charge on any atom is -0.333 e. The molecule has 0 heterocycles. The number of carbonyl (C=O) groups excluding carboxylic acids is 1. The van der Waals surface area contributed by atoms with Crippen molar-refractivity contribution >= 4 is 17.3 Å². The van der Waals surface area contributed by atoms with Crippen LogP contribution in [0.3, 0.4) is 0 Å². The number of hydrogen-bond donors (Lipinski definition) is 4. The van der Waals surface area contributed by atoms with Crippen LogP contribution >= 0.6 is 0 Å². The van der Waals surface area contributed by atoms with Crippen molar-refractivity contribution in [1.29, 1.82) is 0 Å². The number of hydrogen-bond acceptors (Lipinski definition) is 7. The number of hydrazine groups is 1. The Morgan fingerprint density at radius 2 is 1.82 bits per heavy atom. The van der Waals surface area contributed by atoms with Crippen molar-refractivity contribution in [2.24, 2.45) is 16.0 Å². The zero-order chi connectivity index (χ0) is 20.6. The minimum atomic E-state index is -3.22. The number of carbonyl (C=O) groups is 1. The predicted octanol–water partition coefficient (Wildman–Crippen LogP) is 3.29. The normalized spacial score (nSPS) is 11.6. The second-order valence-corrected chi connectivity index (χ2v) is 6.04. The lowest BCUT2D eigenvalue weighted by Crippen LogP contribution is -2.34. The third-order valence-corrected chi connectivity index (χ3v) is 3.67. The van der Waals surface area contributed by atoms with Crippen LogP contribution in [-0.4, -0.2) is 35.2 Å². The van der Waals surface area contributed by atoms with Crippen LogP contribution in [0.1, 0.15) is 22.8 Å². The summed E-state index contributed by atoms with van der Waals surface area (Å²) in [4.78, 5) is 14.3. The van der Waals surface area contributed by atoms with Gasteiger partial charge < -0.3 is 10.6 Å². The number of halogens is 2. The highest BCUT2D eigenvalue weighted by Gasteiger charge is 2.19. The van der Waals surface area contributed by atoms with Crippen LogP contribution in [0.5, 0.6) is 0 Å². The standard InChI is InChI=1S/C18H22F2N6O2/c1-18(19,20)24-22-15-6-2-13(3-7-15)12-26(11-10-21)17(27)14-4-8-16(9-5-14)23-25-28/h2-9,23,25,28H,10-12,21H2,1H3. The molecule has 1 amide bonds. The monoisotopic (exact) mass is 392 g/mol. The van der Waals surface area contributed by atoms with Crippen molar-refractivity contribution < 1.29 is 18.8 Å². The van der Waals surface area contributed by atoms with Crippen molar-refractivity contribution in [3.05, 3.63) is 59.7 Å². The number of azo groups is 1. The van der Waals surface area contributed by atoms with E-state index in [9.17, 15) is 13.6 Å². The summed E-state index contributed by atoms with van der Waals surface area (Å²) < 4.78 is 25.5. The third-order valence-electron chi connectivity index (χ3n) is 3.67. The number of nitrogens with zero attached hydrogens (tertiary/aromatic N) is 3. The lowest BCUT2D eigenvalue weighted by Gasteiger charge is -2.22. The predicted molar refractivity (Wildman–Crippen MR) is 100 cm³/mol. The van der Waals surface area contributed by atoms with Gasteiger partial charge in [-0.3, -0.25) is 15.4 Å². The number of alkyl halides is 2. The first-order valence-corrected chi connectivity index (χ1v) is 8.46. The molecule has 0 unspecified atom stereocenters. The molecule has 2 aromatic rings. The first-order chi connectivity index (χ1) is 13.3. The quantitative estimate of drug-likeness (QED) is 0.297. The van der Waals surface area contributed by atoms with Crippen LogP contribution in [0.15, 0.2) is 58.8 Å². The molecule has 0 radical (unpaired) electrons. The SMILES string of the molecule is CC(F)(F)N=Nc1ccc(CN(CCN)C(=O)c2ccc(NNO)cc2)cc1. The van der Waals surface area contributed by atoms with E-state index in [4.69, 9.17) is 10.9 Å². The van der Waals surface area contributed by atoms with Crippen LogP contribution in [0.4, 0.5) is 20.2 Å². The van der Waals surface area contributed by atoms with E-state index in [1.54, 1.807) is 53.4 Å². The van der Waals surface area contributed by atoms with Gasteiger partial charge in [0.1, 0.15) is 0 Å². The van der Waals surface area contributed by atoms with E-state index < -0.39 is 6.05 Å². The van der Waals surface area contributed by atoms with Gasteiger partial charge in [0.15, 0.2) is 0 Å². The molecule has 0 atom stereocenters. The maximum absolute atomic E-state index is 12.8. The minimum absolute atomic E-state index is 0.205. The van der Waals surface area contributed by atoms with Crippen molar-refractivity contribution in [1.82, 2.24) is 10.5 Å². The first kappa shape index (κ1) is 21.4. The molecule has 0 aliphatic carbocycles. The second kappa shape index (κ2) is 9.83. The second-order valence-electron chi connectivity index (χ2n) is 6.04. The molecular weight excluding hydrogens is 370 g/mol. The van der Waals surface area contributed by atoms with Gasteiger partial charge in [0, 0.05) is 32.1 Å². The fourth-order valence-corrected chi connectivity index (χ4v) is 2.39. The average molecular weight is 392 g/mol. The Morgan fingerprint density at radius 1 is 1.18 bits per heavy atom. The van der Waals surface area contributed by atoms with E-state index in [1.165, 1.54) is 0 Å². The number of nitrogens with two attached hydrogens (primary N) is 1. The molecule has 0 aromatic heterocycles. The lowest BCUT2D eigenvalue weighted by molar-refractivity contribution is 0.0248. The molecule has 0 saturated heterocycles. The molecule has 10 heteroatoms. The number of anilines is 1. The summed E-state index contributed by atoms with van der Waals surface area (Å²) in [5.41, 5.74) is 12.1. The van der Waals surface area contributed by atoms with Crippen molar-refractivity contribution in [3.63, 3.8) is 0 Å². The Hall–Kier alpha value is -2.95. The first-order valence-electron chi connectivity index (χ1n) is 8.46. The van der Waals surface area contributed by atoms with E-state index in [-0.39, 0.29) is 12.5 Å². The Bertz CT molecular complexity index is 791. The van der Waals surface area contributed by atoms with Gasteiger partial charge in [-0.25, -0.2) is 0 Å². The van der Waals surface area contributed by atoms with Gasteiger partial charge in [0.05, 0.1) is 11.4 Å². The van der Waals surface area contributed by atoms with Gasteiger partial charge in [-0.05, 0) is 42.0 Å². The third kappa shape index (κ3) is 6.65. The lowest BCUT2D eigenvalue weighted by atomic mass is 10.1. The van der Waals surface area contributed by atoms with Gasteiger partial charge in [0.2, 0.25) is 0 Å². The molecule has 5 N–H and O–H groups in total. The Morgan fingerprint density at radius 3 is 2.36 bits per heavy atom. The van der Waals surface area contributed by atoms with Crippen LogP contribution in [0.2, 0.25) is 0 Å². The zero-order valence-electron chi connectivity index (χ0n) is 15.3.